The molecule has 0 radical (unpaired) electrons. The Bertz CT molecular complexity index is 651. The molecule has 1 aromatic heterocycles. The first-order chi connectivity index (χ1) is 10.6. The van der Waals surface area contributed by atoms with Gasteiger partial charge >= 0.3 is 0 Å². The van der Waals surface area contributed by atoms with Gasteiger partial charge in [-0.25, -0.2) is 9.37 Å². The first-order valence-corrected chi connectivity index (χ1v) is 8.01. The van der Waals surface area contributed by atoms with Gasteiger partial charge in [-0.1, -0.05) is 6.07 Å². The van der Waals surface area contributed by atoms with E-state index in [4.69, 9.17) is 0 Å². The van der Waals surface area contributed by atoms with Crippen LogP contribution in [0.2, 0.25) is 0 Å². The van der Waals surface area contributed by atoms with Crippen molar-refractivity contribution >= 4 is 17.3 Å². The fraction of sp³-hybridized carbons (Fsp3) is 0.375. The van der Waals surface area contributed by atoms with Gasteiger partial charge in [-0.15, -0.1) is 11.3 Å². The molecule has 4 nitrogen and oxygen atoms in total. The molecule has 0 atom stereocenters. The summed E-state index contributed by atoms with van der Waals surface area (Å²) < 4.78 is 13.1. The maximum absolute atomic E-state index is 13.1. The Morgan fingerprint density at radius 3 is 2.77 bits per heavy atom. The van der Waals surface area contributed by atoms with E-state index in [-0.39, 0.29) is 5.82 Å². The van der Waals surface area contributed by atoms with Gasteiger partial charge in [0.1, 0.15) is 5.82 Å². The van der Waals surface area contributed by atoms with Gasteiger partial charge in [-0.3, -0.25) is 4.99 Å². The highest BCUT2D eigenvalue weighted by Gasteiger charge is 2.03. The molecule has 2 N–H and O–H groups in total. The van der Waals surface area contributed by atoms with E-state index in [1.54, 1.807) is 24.5 Å². The van der Waals surface area contributed by atoms with Gasteiger partial charge in [0.25, 0.3) is 0 Å². The van der Waals surface area contributed by atoms with Crippen molar-refractivity contribution < 1.29 is 4.39 Å². The lowest BCUT2D eigenvalue weighted by molar-refractivity contribution is 0.625. The highest BCUT2D eigenvalue weighted by molar-refractivity contribution is 7.11. The van der Waals surface area contributed by atoms with Crippen LogP contribution in [-0.2, 0) is 13.0 Å². The van der Waals surface area contributed by atoms with Crippen molar-refractivity contribution in [2.24, 2.45) is 4.99 Å². The number of guanidine groups is 1. The number of hydrogen-bond donors (Lipinski definition) is 2. The van der Waals surface area contributed by atoms with Crippen LogP contribution in [0.4, 0.5) is 4.39 Å². The van der Waals surface area contributed by atoms with Crippen LogP contribution < -0.4 is 10.6 Å². The molecule has 2 rings (SSSR count). The van der Waals surface area contributed by atoms with Crippen molar-refractivity contribution in [2.45, 2.75) is 26.8 Å². The third kappa shape index (κ3) is 4.80. The maximum atomic E-state index is 13.1. The molecular weight excluding hydrogens is 299 g/mol. The molecule has 0 unspecified atom stereocenters. The molecule has 0 aliphatic rings. The summed E-state index contributed by atoms with van der Waals surface area (Å²) in [6, 6.07) is 4.90. The first kappa shape index (κ1) is 16.4. The van der Waals surface area contributed by atoms with Gasteiger partial charge < -0.3 is 10.6 Å². The van der Waals surface area contributed by atoms with Crippen LogP contribution in [0.5, 0.6) is 0 Å². The number of nitrogens with one attached hydrogen (secondary N) is 2. The van der Waals surface area contributed by atoms with E-state index in [2.05, 4.69) is 20.6 Å². The molecule has 0 bridgehead atoms. The van der Waals surface area contributed by atoms with Crippen molar-refractivity contribution in [3.05, 3.63) is 51.2 Å². The average molecular weight is 320 g/mol. The molecule has 6 heteroatoms. The Hall–Kier alpha value is -1.95. The summed E-state index contributed by atoms with van der Waals surface area (Å²) in [4.78, 5) is 9.60. The zero-order chi connectivity index (χ0) is 15.9. The Labute approximate surface area is 134 Å². The molecule has 0 amide bonds. The van der Waals surface area contributed by atoms with Crippen LogP contribution in [0.1, 0.15) is 21.0 Å². The Morgan fingerprint density at radius 2 is 2.14 bits per heavy atom. The van der Waals surface area contributed by atoms with Crippen LogP contribution >= 0.6 is 11.3 Å². The molecule has 0 fully saturated rings. The summed E-state index contributed by atoms with van der Waals surface area (Å²) >= 11 is 1.67. The van der Waals surface area contributed by atoms with Crippen LogP contribution in [0.15, 0.2) is 29.4 Å². The highest BCUT2D eigenvalue weighted by atomic mass is 32.1. The normalized spacial score (nSPS) is 11.5. The van der Waals surface area contributed by atoms with Crippen LogP contribution in [-0.4, -0.2) is 24.5 Å². The van der Waals surface area contributed by atoms with Crippen molar-refractivity contribution in [1.29, 1.82) is 0 Å². The topological polar surface area (TPSA) is 49.3 Å². The number of nitrogens with zero attached hydrogens (tertiary/aromatic N) is 2. The first-order valence-electron chi connectivity index (χ1n) is 7.19. The SMILES string of the molecule is CN=C(NCCc1ccc(F)cc1C)NCc1cnc(C)s1. The van der Waals surface area contributed by atoms with Crippen LogP contribution in [0.3, 0.4) is 0 Å². The van der Waals surface area contributed by atoms with E-state index in [0.29, 0.717) is 6.54 Å². The summed E-state index contributed by atoms with van der Waals surface area (Å²) in [7, 11) is 1.75. The standard InChI is InChI=1S/C16H21FN4S/c1-11-8-14(17)5-4-13(11)6-7-19-16(18-3)21-10-15-9-20-12(2)22-15/h4-5,8-9H,6-7,10H2,1-3H3,(H2,18,19,21). The van der Waals surface area contributed by atoms with Crippen molar-refractivity contribution in [3.63, 3.8) is 0 Å². The molecule has 0 aliphatic carbocycles. The monoisotopic (exact) mass is 320 g/mol. The molecular formula is C16H21FN4S. The van der Waals surface area contributed by atoms with Gasteiger partial charge in [0.05, 0.1) is 11.6 Å². The van der Waals surface area contributed by atoms with Gasteiger partial charge in [0.2, 0.25) is 0 Å². The predicted molar refractivity (Wildman–Crippen MR) is 89.9 cm³/mol. The number of hydrogen-bond acceptors (Lipinski definition) is 3. The van der Waals surface area contributed by atoms with Gasteiger partial charge in [-0.05, 0) is 43.5 Å². The fourth-order valence-electron chi connectivity index (χ4n) is 2.13. The lowest BCUT2D eigenvalue weighted by Crippen LogP contribution is -2.37. The zero-order valence-electron chi connectivity index (χ0n) is 13.1. The van der Waals surface area contributed by atoms with E-state index in [0.717, 1.165) is 35.1 Å². The number of aliphatic imine (C=N–C) groups is 1. The van der Waals surface area contributed by atoms with Crippen molar-refractivity contribution in [3.8, 4) is 0 Å². The molecule has 1 heterocycles. The quantitative estimate of drug-likeness (QED) is 0.658. The second-order valence-corrected chi connectivity index (χ2v) is 6.34. The molecule has 0 saturated carbocycles. The Balaban J connectivity index is 1.79. The number of aryl methyl sites for hydroxylation is 2. The summed E-state index contributed by atoms with van der Waals surface area (Å²) in [5.41, 5.74) is 2.12. The second-order valence-electron chi connectivity index (χ2n) is 5.02. The van der Waals surface area contributed by atoms with E-state index < -0.39 is 0 Å². The van der Waals surface area contributed by atoms with E-state index in [1.165, 1.54) is 10.9 Å². The summed E-state index contributed by atoms with van der Waals surface area (Å²) in [5, 5.41) is 7.59. The Morgan fingerprint density at radius 1 is 1.32 bits per heavy atom. The van der Waals surface area contributed by atoms with Crippen LogP contribution in [0, 0.1) is 19.7 Å². The third-order valence-corrected chi connectivity index (χ3v) is 4.23. The molecule has 2 aromatic rings. The number of thiazole rings is 1. The van der Waals surface area contributed by atoms with Crippen molar-refractivity contribution in [2.75, 3.05) is 13.6 Å². The smallest absolute Gasteiger partial charge is 0.191 e. The Kier molecular flexibility index (Phi) is 5.89. The van der Waals surface area contributed by atoms with E-state index in [1.807, 2.05) is 26.1 Å². The number of halogens is 1. The summed E-state index contributed by atoms with van der Waals surface area (Å²) in [6.07, 6.45) is 2.70. The zero-order valence-corrected chi connectivity index (χ0v) is 13.9. The van der Waals surface area contributed by atoms with Gasteiger partial charge in [0.15, 0.2) is 5.96 Å². The van der Waals surface area contributed by atoms with Crippen molar-refractivity contribution in [1.82, 2.24) is 15.6 Å². The summed E-state index contributed by atoms with van der Waals surface area (Å²) in [6.45, 7) is 5.37. The lowest BCUT2D eigenvalue weighted by Gasteiger charge is -2.12. The third-order valence-electron chi connectivity index (χ3n) is 3.31. The maximum Gasteiger partial charge on any atom is 0.191 e. The number of aromatic nitrogens is 1. The minimum absolute atomic E-state index is 0.188. The largest absolute Gasteiger partial charge is 0.356 e. The lowest BCUT2D eigenvalue weighted by atomic mass is 10.1. The number of rotatable bonds is 5. The van der Waals surface area contributed by atoms with Crippen LogP contribution in [0.25, 0.3) is 0 Å². The predicted octanol–water partition coefficient (Wildman–Crippen LogP) is 2.81. The second kappa shape index (κ2) is 7.89. The minimum Gasteiger partial charge on any atom is -0.356 e. The molecule has 0 aliphatic heterocycles. The van der Waals surface area contributed by atoms with Gasteiger partial charge in [0, 0.05) is 24.7 Å². The molecule has 1 aromatic carbocycles. The average Bonchev–Trinajstić information content (AvgIpc) is 2.90. The molecule has 22 heavy (non-hydrogen) atoms. The minimum atomic E-state index is -0.188. The summed E-state index contributed by atoms with van der Waals surface area (Å²) in [5.74, 6) is 0.567. The highest BCUT2D eigenvalue weighted by Crippen LogP contribution is 2.11. The molecule has 0 saturated heterocycles. The molecule has 118 valence electrons. The van der Waals surface area contributed by atoms with E-state index >= 15 is 0 Å². The molecule has 0 spiro atoms. The fourth-order valence-corrected chi connectivity index (χ4v) is 2.87. The van der Waals surface area contributed by atoms with Gasteiger partial charge in [-0.2, -0.15) is 0 Å². The number of benzene rings is 1. The van der Waals surface area contributed by atoms with E-state index in [9.17, 15) is 4.39 Å².